The molecule has 4 rings (SSSR count). The van der Waals surface area contributed by atoms with Crippen LogP contribution >= 0.6 is 0 Å². The zero-order chi connectivity index (χ0) is 9.97. The van der Waals surface area contributed by atoms with Crippen LogP contribution in [0.2, 0.25) is 0 Å². The fourth-order valence-electron chi connectivity index (χ4n) is 4.26. The number of fused-ring (bicyclic) bond motifs is 2. The molecule has 14 heavy (non-hydrogen) atoms. The number of rotatable bonds is 0. The highest BCUT2D eigenvalue weighted by Gasteiger charge is 2.61. The van der Waals surface area contributed by atoms with Gasteiger partial charge in [-0.15, -0.1) is 0 Å². The predicted molar refractivity (Wildman–Crippen MR) is 56.5 cm³/mol. The van der Waals surface area contributed by atoms with E-state index in [0.29, 0.717) is 16.9 Å². The molecule has 0 aromatic rings. The van der Waals surface area contributed by atoms with Crippen molar-refractivity contribution < 1.29 is 4.74 Å². The maximum atomic E-state index is 5.90. The van der Waals surface area contributed by atoms with E-state index in [1.54, 1.807) is 0 Å². The highest BCUT2D eigenvalue weighted by atomic mass is 16.5. The summed E-state index contributed by atoms with van der Waals surface area (Å²) in [6.07, 6.45) is 5.98. The molecule has 1 radical (unpaired) electrons. The van der Waals surface area contributed by atoms with E-state index in [2.05, 4.69) is 27.4 Å². The summed E-state index contributed by atoms with van der Waals surface area (Å²) in [5.74, 6) is 1.79. The molecule has 3 saturated carbocycles. The summed E-state index contributed by atoms with van der Waals surface area (Å²) in [6.45, 7) is 9.42. The molecule has 0 aromatic heterocycles. The standard InChI is InChI=1S/C13H21O/c1-12(2)8-9-4-6-13(12,3)11-10(9)5-7-14-11/h7,9-11H,4-6,8H2,1-3H3. The van der Waals surface area contributed by atoms with Gasteiger partial charge in [-0.3, -0.25) is 0 Å². The molecule has 4 atom stereocenters. The number of hydrogen-bond donors (Lipinski definition) is 0. The van der Waals surface area contributed by atoms with Crippen molar-refractivity contribution in [1.29, 1.82) is 0 Å². The average Bonchev–Trinajstić information content (AvgIpc) is 2.57. The molecule has 79 valence electrons. The monoisotopic (exact) mass is 193 g/mol. The number of ether oxygens (including phenoxy) is 1. The Labute approximate surface area is 87.2 Å². The minimum atomic E-state index is 0.430. The van der Waals surface area contributed by atoms with E-state index in [-0.39, 0.29) is 0 Å². The van der Waals surface area contributed by atoms with Gasteiger partial charge < -0.3 is 4.74 Å². The Bertz CT molecular complexity index is 258. The molecule has 0 amide bonds. The van der Waals surface area contributed by atoms with Crippen LogP contribution in [0.25, 0.3) is 0 Å². The molecular formula is C13H21O. The van der Waals surface area contributed by atoms with E-state index in [1.165, 1.54) is 25.7 Å². The second-order valence-electron chi connectivity index (χ2n) is 6.43. The highest BCUT2D eigenvalue weighted by Crippen LogP contribution is 2.65. The second kappa shape index (κ2) is 2.55. The van der Waals surface area contributed by atoms with Gasteiger partial charge in [0.05, 0.1) is 12.7 Å². The van der Waals surface area contributed by atoms with Gasteiger partial charge in [0.25, 0.3) is 0 Å². The highest BCUT2D eigenvalue weighted by molar-refractivity contribution is 5.11. The first-order valence-corrected chi connectivity index (χ1v) is 6.02. The van der Waals surface area contributed by atoms with Crippen molar-refractivity contribution in [3.8, 4) is 0 Å². The lowest BCUT2D eigenvalue weighted by Crippen LogP contribution is -2.58. The van der Waals surface area contributed by atoms with Crippen LogP contribution in [-0.4, -0.2) is 6.10 Å². The lowest BCUT2D eigenvalue weighted by molar-refractivity contribution is -0.164. The van der Waals surface area contributed by atoms with Crippen LogP contribution in [0.4, 0.5) is 0 Å². The second-order valence-corrected chi connectivity index (χ2v) is 6.43. The zero-order valence-electron chi connectivity index (χ0n) is 9.55. The van der Waals surface area contributed by atoms with Crippen LogP contribution in [0.5, 0.6) is 0 Å². The van der Waals surface area contributed by atoms with E-state index >= 15 is 0 Å². The Morgan fingerprint density at radius 3 is 2.79 bits per heavy atom. The van der Waals surface area contributed by atoms with Crippen LogP contribution in [0, 0.1) is 29.3 Å². The van der Waals surface area contributed by atoms with E-state index in [0.717, 1.165) is 11.8 Å². The first-order valence-electron chi connectivity index (χ1n) is 6.02. The molecule has 0 aromatic carbocycles. The molecule has 4 unspecified atom stereocenters. The molecule has 1 heteroatoms. The lowest BCUT2D eigenvalue weighted by Gasteiger charge is -2.61. The molecule has 1 heterocycles. The van der Waals surface area contributed by atoms with Gasteiger partial charge in [0, 0.05) is 0 Å². The SMILES string of the molecule is CC1(C)CC2CCC1(C)C1O[CH]CC21. The Kier molecular flexibility index (Phi) is 1.68. The lowest BCUT2D eigenvalue weighted by atomic mass is 9.45. The molecule has 1 saturated heterocycles. The molecule has 1 aliphatic heterocycles. The normalized spacial score (nSPS) is 54.6. The van der Waals surface area contributed by atoms with Gasteiger partial charge >= 0.3 is 0 Å². The Hall–Kier alpha value is -0.0400. The Morgan fingerprint density at radius 1 is 1.29 bits per heavy atom. The summed E-state index contributed by atoms with van der Waals surface area (Å²) in [5.41, 5.74) is 0.911. The van der Waals surface area contributed by atoms with Crippen LogP contribution in [0.1, 0.15) is 46.5 Å². The molecule has 4 fully saturated rings. The molecule has 1 nitrogen and oxygen atoms in total. The molecule has 3 aliphatic carbocycles. The minimum absolute atomic E-state index is 0.430. The van der Waals surface area contributed by atoms with Gasteiger partial charge in [0.15, 0.2) is 0 Å². The fourth-order valence-corrected chi connectivity index (χ4v) is 4.26. The van der Waals surface area contributed by atoms with E-state index in [1.807, 2.05) is 0 Å². The summed E-state index contributed by atoms with van der Waals surface area (Å²) in [4.78, 5) is 0. The van der Waals surface area contributed by atoms with Gasteiger partial charge in [-0.25, -0.2) is 0 Å². The minimum Gasteiger partial charge on any atom is -0.371 e. The summed E-state index contributed by atoms with van der Waals surface area (Å²) >= 11 is 0. The van der Waals surface area contributed by atoms with Crippen LogP contribution in [-0.2, 0) is 4.74 Å². The van der Waals surface area contributed by atoms with Crippen LogP contribution in [0.3, 0.4) is 0 Å². The van der Waals surface area contributed by atoms with Crippen molar-refractivity contribution in [3.63, 3.8) is 0 Å². The molecule has 4 aliphatic rings. The third-order valence-corrected chi connectivity index (χ3v) is 5.59. The summed E-state index contributed by atoms with van der Waals surface area (Å²) in [6, 6.07) is 0. The summed E-state index contributed by atoms with van der Waals surface area (Å²) in [5, 5.41) is 0. The van der Waals surface area contributed by atoms with Crippen molar-refractivity contribution in [3.05, 3.63) is 6.61 Å². The zero-order valence-corrected chi connectivity index (χ0v) is 9.55. The van der Waals surface area contributed by atoms with Gasteiger partial charge in [-0.05, 0) is 48.3 Å². The molecular weight excluding hydrogens is 172 g/mol. The third-order valence-electron chi connectivity index (χ3n) is 5.59. The Balaban J connectivity index is 2.02. The maximum Gasteiger partial charge on any atom is 0.0844 e. The topological polar surface area (TPSA) is 9.23 Å². The first kappa shape index (κ1) is 9.21. The third kappa shape index (κ3) is 0.900. The van der Waals surface area contributed by atoms with E-state index < -0.39 is 0 Å². The van der Waals surface area contributed by atoms with Crippen molar-refractivity contribution in [2.24, 2.45) is 22.7 Å². The number of hydrogen-bond acceptors (Lipinski definition) is 1. The van der Waals surface area contributed by atoms with Crippen LogP contribution in [0.15, 0.2) is 0 Å². The quantitative estimate of drug-likeness (QED) is 0.573. The first-order chi connectivity index (χ1) is 6.55. The predicted octanol–water partition coefficient (Wildman–Crippen LogP) is 3.40. The molecule has 0 N–H and O–H groups in total. The summed E-state index contributed by atoms with van der Waals surface area (Å²) in [7, 11) is 0. The van der Waals surface area contributed by atoms with Crippen molar-refractivity contribution in [2.75, 3.05) is 0 Å². The van der Waals surface area contributed by atoms with Crippen molar-refractivity contribution in [1.82, 2.24) is 0 Å². The van der Waals surface area contributed by atoms with E-state index in [9.17, 15) is 0 Å². The van der Waals surface area contributed by atoms with E-state index in [4.69, 9.17) is 4.74 Å². The van der Waals surface area contributed by atoms with Crippen molar-refractivity contribution >= 4 is 0 Å². The van der Waals surface area contributed by atoms with Gasteiger partial charge in [-0.1, -0.05) is 20.8 Å². The molecule has 2 bridgehead atoms. The fraction of sp³-hybridized carbons (Fsp3) is 0.923. The van der Waals surface area contributed by atoms with Gasteiger partial charge in [0.1, 0.15) is 0 Å². The van der Waals surface area contributed by atoms with Crippen molar-refractivity contribution in [2.45, 2.75) is 52.6 Å². The van der Waals surface area contributed by atoms with Gasteiger partial charge in [0.2, 0.25) is 0 Å². The van der Waals surface area contributed by atoms with Gasteiger partial charge in [-0.2, -0.15) is 0 Å². The maximum absolute atomic E-state index is 5.90. The van der Waals surface area contributed by atoms with Crippen LogP contribution < -0.4 is 0 Å². The average molecular weight is 193 g/mol. The molecule has 0 spiro atoms. The largest absolute Gasteiger partial charge is 0.371 e. The summed E-state index contributed by atoms with van der Waals surface area (Å²) < 4.78 is 5.90. The smallest absolute Gasteiger partial charge is 0.0844 e. The Morgan fingerprint density at radius 2 is 2.07 bits per heavy atom.